The second-order valence-electron chi connectivity index (χ2n) is 3.81. The van der Waals surface area contributed by atoms with Crippen molar-refractivity contribution < 1.29 is 17.9 Å². The van der Waals surface area contributed by atoms with Crippen molar-refractivity contribution in [2.45, 2.75) is 39.1 Å². The van der Waals surface area contributed by atoms with Gasteiger partial charge in [0.2, 0.25) is 0 Å². The first kappa shape index (κ1) is 15.4. The average Bonchev–Trinajstić information content (AvgIpc) is 2.66. The fourth-order valence-electron chi connectivity index (χ4n) is 1.42. The highest BCUT2D eigenvalue weighted by Crippen LogP contribution is 2.26. The van der Waals surface area contributed by atoms with Crippen LogP contribution in [-0.4, -0.2) is 24.8 Å². The number of halogens is 3. The first-order valence-electron chi connectivity index (χ1n) is 5.70. The number of hydrogen-bond donors (Lipinski definition) is 1. The van der Waals surface area contributed by atoms with Crippen molar-refractivity contribution in [2.75, 3.05) is 13.7 Å². The van der Waals surface area contributed by atoms with E-state index in [1.165, 1.54) is 11.3 Å². The Morgan fingerprint density at radius 3 is 2.67 bits per heavy atom. The predicted molar refractivity (Wildman–Crippen MR) is 64.6 cm³/mol. The highest BCUT2D eigenvalue weighted by Gasteiger charge is 2.27. The van der Waals surface area contributed by atoms with Gasteiger partial charge in [-0.25, -0.2) is 4.98 Å². The van der Waals surface area contributed by atoms with Crippen LogP contribution in [-0.2, 0) is 24.3 Å². The number of ether oxygens (including phenoxy) is 1. The van der Waals surface area contributed by atoms with E-state index < -0.39 is 12.6 Å². The zero-order chi connectivity index (χ0) is 13.6. The van der Waals surface area contributed by atoms with Crippen LogP contribution in [0.4, 0.5) is 13.2 Å². The van der Waals surface area contributed by atoms with Gasteiger partial charge in [-0.3, -0.25) is 0 Å². The Kier molecular flexibility index (Phi) is 6.04. The second kappa shape index (κ2) is 7.06. The van der Waals surface area contributed by atoms with Crippen LogP contribution in [0.5, 0.6) is 0 Å². The van der Waals surface area contributed by atoms with Crippen LogP contribution < -0.4 is 5.32 Å². The molecular formula is C11H17F3N2OS. The Balaban J connectivity index is 2.68. The lowest BCUT2D eigenvalue weighted by Gasteiger charge is -2.02. The number of nitrogens with zero attached hydrogens (tertiary/aromatic N) is 1. The minimum atomic E-state index is -4.13. The summed E-state index contributed by atoms with van der Waals surface area (Å²) >= 11 is 1.33. The largest absolute Gasteiger partial charge is 0.389 e. The molecule has 0 spiro atoms. The van der Waals surface area contributed by atoms with Crippen LogP contribution in [0.25, 0.3) is 0 Å². The van der Waals surface area contributed by atoms with E-state index in [4.69, 9.17) is 4.74 Å². The molecule has 0 unspecified atom stereocenters. The number of aromatic nitrogens is 1. The number of nitrogens with one attached hydrogen (secondary N) is 1. The summed E-state index contributed by atoms with van der Waals surface area (Å²) in [6.07, 6.45) is -5.01. The summed E-state index contributed by atoms with van der Waals surface area (Å²) < 4.78 is 41.4. The van der Waals surface area contributed by atoms with Crippen molar-refractivity contribution >= 4 is 11.3 Å². The van der Waals surface area contributed by atoms with Gasteiger partial charge in [0.15, 0.2) is 0 Å². The van der Waals surface area contributed by atoms with Crippen LogP contribution >= 0.6 is 11.3 Å². The van der Waals surface area contributed by atoms with Crippen molar-refractivity contribution in [2.24, 2.45) is 0 Å². The third kappa shape index (κ3) is 5.32. The van der Waals surface area contributed by atoms with E-state index >= 15 is 0 Å². The number of methoxy groups -OCH3 is 1. The van der Waals surface area contributed by atoms with Gasteiger partial charge < -0.3 is 10.1 Å². The first-order valence-corrected chi connectivity index (χ1v) is 6.51. The molecule has 1 aromatic rings. The van der Waals surface area contributed by atoms with Crippen molar-refractivity contribution in [3.05, 3.63) is 15.6 Å². The molecular weight excluding hydrogens is 265 g/mol. The van der Waals surface area contributed by atoms with Crippen molar-refractivity contribution in [1.29, 1.82) is 0 Å². The molecule has 0 saturated heterocycles. The van der Waals surface area contributed by atoms with E-state index in [2.05, 4.69) is 10.3 Å². The maximum atomic E-state index is 12.1. The summed E-state index contributed by atoms with van der Waals surface area (Å²) in [4.78, 5) is 5.16. The molecule has 0 saturated carbocycles. The van der Waals surface area contributed by atoms with E-state index in [9.17, 15) is 13.2 Å². The molecule has 0 aromatic carbocycles. The summed E-state index contributed by atoms with van der Waals surface area (Å²) in [5.74, 6) is 0. The van der Waals surface area contributed by atoms with Gasteiger partial charge >= 0.3 is 6.18 Å². The highest BCUT2D eigenvalue weighted by molar-refractivity contribution is 7.11. The van der Waals surface area contributed by atoms with Crippen LogP contribution in [0.15, 0.2) is 0 Å². The maximum Gasteiger partial charge on any atom is 0.389 e. The van der Waals surface area contributed by atoms with Gasteiger partial charge in [0, 0.05) is 31.4 Å². The molecule has 18 heavy (non-hydrogen) atoms. The standard InChI is InChI=1S/C11H17F3N2OS/c1-3-15-6-9-8(7-17-2)16-10(18-9)4-5-11(12,13)14/h15H,3-7H2,1-2H3. The summed E-state index contributed by atoms with van der Waals surface area (Å²) in [5, 5.41) is 3.66. The molecule has 0 aliphatic heterocycles. The molecule has 0 aliphatic carbocycles. The lowest BCUT2D eigenvalue weighted by molar-refractivity contribution is -0.134. The predicted octanol–water partition coefficient (Wildman–Crippen LogP) is 2.89. The Bertz CT molecular complexity index is 366. The van der Waals surface area contributed by atoms with Crippen molar-refractivity contribution in [3.8, 4) is 0 Å². The number of rotatable bonds is 7. The normalized spacial score (nSPS) is 12.1. The summed E-state index contributed by atoms with van der Waals surface area (Å²) in [5.41, 5.74) is 0.737. The third-order valence-corrected chi connectivity index (χ3v) is 3.42. The molecule has 104 valence electrons. The zero-order valence-electron chi connectivity index (χ0n) is 10.4. The number of thiazole rings is 1. The molecule has 0 atom stereocenters. The molecule has 0 fully saturated rings. The SMILES string of the molecule is CCNCc1sc(CCC(F)(F)F)nc1COC. The molecule has 0 bridgehead atoms. The van der Waals surface area contributed by atoms with Crippen LogP contribution in [0, 0.1) is 0 Å². The Hall–Kier alpha value is -0.660. The second-order valence-corrected chi connectivity index (χ2v) is 4.97. The van der Waals surface area contributed by atoms with Crippen molar-refractivity contribution in [1.82, 2.24) is 10.3 Å². The monoisotopic (exact) mass is 282 g/mol. The molecule has 1 heterocycles. The molecule has 3 nitrogen and oxygen atoms in total. The summed E-state index contributed by atoms with van der Waals surface area (Å²) in [6, 6.07) is 0. The Morgan fingerprint density at radius 1 is 1.39 bits per heavy atom. The minimum absolute atomic E-state index is 0.0585. The number of hydrogen-bond acceptors (Lipinski definition) is 4. The lowest BCUT2D eigenvalue weighted by atomic mass is 10.3. The smallest absolute Gasteiger partial charge is 0.378 e. The lowest BCUT2D eigenvalue weighted by Crippen LogP contribution is -2.12. The third-order valence-electron chi connectivity index (χ3n) is 2.26. The summed E-state index contributed by atoms with van der Waals surface area (Å²) in [6.45, 7) is 3.74. The highest BCUT2D eigenvalue weighted by atomic mass is 32.1. The Labute approximate surface area is 108 Å². The van der Waals surface area contributed by atoms with E-state index in [-0.39, 0.29) is 6.42 Å². The molecule has 7 heteroatoms. The van der Waals surface area contributed by atoms with Gasteiger partial charge in [-0.05, 0) is 6.54 Å². The van der Waals surface area contributed by atoms with E-state index in [0.717, 1.165) is 17.1 Å². The maximum absolute atomic E-state index is 12.1. The topological polar surface area (TPSA) is 34.2 Å². The first-order chi connectivity index (χ1) is 8.46. The molecule has 1 N–H and O–H groups in total. The van der Waals surface area contributed by atoms with E-state index in [1.807, 2.05) is 6.92 Å². The molecule has 1 aromatic heterocycles. The molecule has 0 amide bonds. The molecule has 1 rings (SSSR count). The van der Waals surface area contributed by atoms with Gasteiger partial charge in [-0.2, -0.15) is 13.2 Å². The van der Waals surface area contributed by atoms with Crippen LogP contribution in [0.3, 0.4) is 0 Å². The molecule has 0 aliphatic rings. The van der Waals surface area contributed by atoms with Crippen molar-refractivity contribution in [3.63, 3.8) is 0 Å². The molecule has 0 radical (unpaired) electrons. The van der Waals surface area contributed by atoms with E-state index in [0.29, 0.717) is 18.2 Å². The van der Waals surface area contributed by atoms with Gasteiger partial charge in [0.05, 0.1) is 17.3 Å². The zero-order valence-corrected chi connectivity index (χ0v) is 11.2. The van der Waals surface area contributed by atoms with Gasteiger partial charge in [0.25, 0.3) is 0 Å². The van der Waals surface area contributed by atoms with Gasteiger partial charge in [-0.15, -0.1) is 11.3 Å². The quantitative estimate of drug-likeness (QED) is 0.835. The van der Waals surface area contributed by atoms with Gasteiger partial charge in [0.1, 0.15) is 0 Å². The van der Waals surface area contributed by atoms with Gasteiger partial charge in [-0.1, -0.05) is 6.92 Å². The van der Waals surface area contributed by atoms with Crippen LogP contribution in [0.2, 0.25) is 0 Å². The fraction of sp³-hybridized carbons (Fsp3) is 0.727. The summed E-state index contributed by atoms with van der Waals surface area (Å²) in [7, 11) is 1.55. The minimum Gasteiger partial charge on any atom is -0.378 e. The van der Waals surface area contributed by atoms with Crippen LogP contribution in [0.1, 0.15) is 28.9 Å². The van der Waals surface area contributed by atoms with E-state index in [1.54, 1.807) is 7.11 Å². The average molecular weight is 282 g/mol. The number of aryl methyl sites for hydroxylation is 1. The fourth-order valence-corrected chi connectivity index (χ4v) is 2.46. The Morgan fingerprint density at radius 2 is 2.11 bits per heavy atom. The number of alkyl halides is 3.